The molecule has 0 saturated carbocycles. The van der Waals surface area contributed by atoms with Gasteiger partial charge in [-0.3, -0.25) is 0 Å². The molecular formula is C17H17N7. The van der Waals surface area contributed by atoms with Crippen molar-refractivity contribution in [1.29, 1.82) is 0 Å². The standard InChI is InChI=1S/C17H17N7/c1-2-15-14(16(18)21-17(19)20-15)10-6-7-12-11-24(23-22-12)13-8-4-3-5-9-13/h3-5,8-9,11H,2,7H2,1H3,(H4,18,19,20,21). The summed E-state index contributed by atoms with van der Waals surface area (Å²) in [4.78, 5) is 8.14. The number of benzene rings is 1. The Morgan fingerprint density at radius 2 is 1.92 bits per heavy atom. The minimum absolute atomic E-state index is 0.167. The Balaban J connectivity index is 1.79. The zero-order valence-electron chi connectivity index (χ0n) is 13.3. The summed E-state index contributed by atoms with van der Waals surface area (Å²) in [5, 5.41) is 8.24. The summed E-state index contributed by atoms with van der Waals surface area (Å²) in [6.07, 6.45) is 3.00. The normalized spacial score (nSPS) is 10.2. The van der Waals surface area contributed by atoms with E-state index in [9.17, 15) is 0 Å². The molecule has 0 fully saturated rings. The van der Waals surface area contributed by atoms with Crippen molar-refractivity contribution in [2.24, 2.45) is 0 Å². The first-order chi connectivity index (χ1) is 11.7. The van der Waals surface area contributed by atoms with Crippen LogP contribution in [0.4, 0.5) is 11.8 Å². The quantitative estimate of drug-likeness (QED) is 0.706. The summed E-state index contributed by atoms with van der Waals surface area (Å²) >= 11 is 0. The fourth-order valence-electron chi connectivity index (χ4n) is 2.25. The summed E-state index contributed by atoms with van der Waals surface area (Å²) in [7, 11) is 0. The molecule has 2 aromatic heterocycles. The van der Waals surface area contributed by atoms with Crippen LogP contribution in [-0.2, 0) is 12.8 Å². The third kappa shape index (κ3) is 3.33. The molecule has 0 aliphatic carbocycles. The Hall–Kier alpha value is -3.40. The number of rotatable bonds is 3. The van der Waals surface area contributed by atoms with E-state index in [2.05, 4.69) is 32.1 Å². The summed E-state index contributed by atoms with van der Waals surface area (Å²) < 4.78 is 1.72. The summed E-state index contributed by atoms with van der Waals surface area (Å²) in [6, 6.07) is 9.78. The SMILES string of the molecule is CCc1nc(N)nc(N)c1C#CCc1cn(-c2ccccc2)nn1. The lowest BCUT2D eigenvalue weighted by atomic mass is 10.1. The van der Waals surface area contributed by atoms with Crippen LogP contribution in [0.1, 0.15) is 23.9 Å². The number of nitrogens with zero attached hydrogens (tertiary/aromatic N) is 5. The van der Waals surface area contributed by atoms with Gasteiger partial charge in [-0.05, 0) is 18.6 Å². The van der Waals surface area contributed by atoms with Crippen molar-refractivity contribution in [1.82, 2.24) is 25.0 Å². The van der Waals surface area contributed by atoms with Crippen LogP contribution in [0.3, 0.4) is 0 Å². The second-order valence-electron chi connectivity index (χ2n) is 5.11. The van der Waals surface area contributed by atoms with E-state index in [1.165, 1.54) is 0 Å². The predicted octanol–water partition coefficient (Wildman–Crippen LogP) is 1.38. The molecule has 24 heavy (non-hydrogen) atoms. The van der Waals surface area contributed by atoms with Gasteiger partial charge in [-0.1, -0.05) is 42.2 Å². The van der Waals surface area contributed by atoms with Crippen LogP contribution in [0.2, 0.25) is 0 Å². The van der Waals surface area contributed by atoms with E-state index < -0.39 is 0 Å². The molecule has 0 spiro atoms. The first-order valence-corrected chi connectivity index (χ1v) is 7.54. The molecule has 0 aliphatic heterocycles. The highest BCUT2D eigenvalue weighted by molar-refractivity contribution is 5.55. The Morgan fingerprint density at radius 3 is 2.67 bits per heavy atom. The lowest BCUT2D eigenvalue weighted by Crippen LogP contribution is -2.06. The van der Waals surface area contributed by atoms with Crippen molar-refractivity contribution in [3.05, 3.63) is 53.5 Å². The van der Waals surface area contributed by atoms with Gasteiger partial charge < -0.3 is 11.5 Å². The number of hydrogen-bond donors (Lipinski definition) is 2. The van der Waals surface area contributed by atoms with Crippen LogP contribution in [0, 0.1) is 11.8 Å². The van der Waals surface area contributed by atoms with Gasteiger partial charge in [0, 0.05) is 0 Å². The smallest absolute Gasteiger partial charge is 0.222 e. The lowest BCUT2D eigenvalue weighted by molar-refractivity contribution is 0.800. The molecule has 7 heteroatoms. The van der Waals surface area contributed by atoms with Crippen molar-refractivity contribution >= 4 is 11.8 Å². The van der Waals surface area contributed by atoms with Crippen molar-refractivity contribution in [3.8, 4) is 17.5 Å². The second-order valence-corrected chi connectivity index (χ2v) is 5.11. The topological polar surface area (TPSA) is 109 Å². The molecule has 0 amide bonds. The van der Waals surface area contributed by atoms with E-state index in [-0.39, 0.29) is 5.95 Å². The average molecular weight is 319 g/mol. The molecule has 4 N–H and O–H groups in total. The minimum atomic E-state index is 0.167. The molecule has 0 saturated heterocycles. The van der Waals surface area contributed by atoms with Crippen LogP contribution >= 0.6 is 0 Å². The fourth-order valence-corrected chi connectivity index (χ4v) is 2.25. The highest BCUT2D eigenvalue weighted by Crippen LogP contribution is 2.14. The fraction of sp³-hybridized carbons (Fsp3) is 0.176. The molecule has 0 bridgehead atoms. The maximum atomic E-state index is 5.89. The van der Waals surface area contributed by atoms with Gasteiger partial charge in [0.15, 0.2) is 0 Å². The van der Waals surface area contributed by atoms with Crippen LogP contribution in [0.5, 0.6) is 0 Å². The summed E-state index contributed by atoms with van der Waals surface area (Å²) in [6.45, 7) is 1.97. The molecule has 1 aromatic carbocycles. The summed E-state index contributed by atoms with van der Waals surface area (Å²) in [5.41, 5.74) is 14.6. The Kier molecular flexibility index (Phi) is 4.38. The molecule has 3 rings (SSSR count). The maximum absolute atomic E-state index is 5.89. The van der Waals surface area contributed by atoms with E-state index in [1.54, 1.807) is 4.68 Å². The van der Waals surface area contributed by atoms with E-state index in [0.717, 1.165) is 17.1 Å². The number of anilines is 2. The van der Waals surface area contributed by atoms with E-state index in [1.807, 2.05) is 43.5 Å². The highest BCUT2D eigenvalue weighted by atomic mass is 15.4. The average Bonchev–Trinajstić information content (AvgIpc) is 3.06. The number of hydrogen-bond acceptors (Lipinski definition) is 6. The number of aromatic nitrogens is 5. The largest absolute Gasteiger partial charge is 0.382 e. The molecule has 0 aliphatic rings. The number of aryl methyl sites for hydroxylation is 1. The second kappa shape index (κ2) is 6.79. The van der Waals surface area contributed by atoms with Crippen LogP contribution in [0.25, 0.3) is 5.69 Å². The van der Waals surface area contributed by atoms with Gasteiger partial charge in [0.05, 0.1) is 35.3 Å². The van der Waals surface area contributed by atoms with Crippen LogP contribution in [-0.4, -0.2) is 25.0 Å². The highest BCUT2D eigenvalue weighted by Gasteiger charge is 2.07. The van der Waals surface area contributed by atoms with E-state index in [0.29, 0.717) is 24.2 Å². The van der Waals surface area contributed by atoms with Crippen LogP contribution in [0.15, 0.2) is 36.5 Å². The van der Waals surface area contributed by atoms with E-state index >= 15 is 0 Å². The number of nitrogens with two attached hydrogens (primary N) is 2. The maximum Gasteiger partial charge on any atom is 0.222 e. The molecular weight excluding hydrogens is 302 g/mol. The molecule has 3 aromatic rings. The van der Waals surface area contributed by atoms with Gasteiger partial charge in [-0.2, -0.15) is 4.98 Å². The van der Waals surface area contributed by atoms with Crippen molar-refractivity contribution in [2.45, 2.75) is 19.8 Å². The van der Waals surface area contributed by atoms with Crippen molar-refractivity contribution < 1.29 is 0 Å². The van der Waals surface area contributed by atoms with Gasteiger partial charge in [-0.25, -0.2) is 9.67 Å². The van der Waals surface area contributed by atoms with E-state index in [4.69, 9.17) is 11.5 Å². The Morgan fingerprint density at radius 1 is 1.12 bits per heavy atom. The zero-order chi connectivity index (χ0) is 16.9. The number of para-hydroxylation sites is 1. The molecule has 120 valence electrons. The van der Waals surface area contributed by atoms with Gasteiger partial charge in [0.1, 0.15) is 5.82 Å². The molecule has 7 nitrogen and oxygen atoms in total. The third-order valence-electron chi connectivity index (χ3n) is 3.41. The monoisotopic (exact) mass is 319 g/mol. The molecule has 0 radical (unpaired) electrons. The van der Waals surface area contributed by atoms with Gasteiger partial charge in [0.25, 0.3) is 0 Å². The van der Waals surface area contributed by atoms with Crippen LogP contribution < -0.4 is 11.5 Å². The molecule has 2 heterocycles. The first-order valence-electron chi connectivity index (χ1n) is 7.54. The number of nitrogen functional groups attached to an aromatic ring is 2. The minimum Gasteiger partial charge on any atom is -0.382 e. The predicted molar refractivity (Wildman–Crippen MR) is 92.2 cm³/mol. The van der Waals surface area contributed by atoms with Gasteiger partial charge >= 0.3 is 0 Å². The van der Waals surface area contributed by atoms with Gasteiger partial charge in [-0.15, -0.1) is 5.10 Å². The van der Waals surface area contributed by atoms with Crippen molar-refractivity contribution in [2.75, 3.05) is 11.5 Å². The molecule has 0 atom stereocenters. The first kappa shape index (κ1) is 15.5. The van der Waals surface area contributed by atoms with Crippen molar-refractivity contribution in [3.63, 3.8) is 0 Å². The Bertz CT molecular complexity index is 904. The molecule has 0 unspecified atom stereocenters. The lowest BCUT2D eigenvalue weighted by Gasteiger charge is -2.04. The Labute approximate surface area is 139 Å². The third-order valence-corrected chi connectivity index (χ3v) is 3.41. The zero-order valence-corrected chi connectivity index (χ0v) is 13.3. The summed E-state index contributed by atoms with van der Waals surface area (Å²) in [5.74, 6) is 6.55. The van der Waals surface area contributed by atoms with Gasteiger partial charge in [0.2, 0.25) is 5.95 Å².